The van der Waals surface area contributed by atoms with Crippen LogP contribution in [0.4, 0.5) is 0 Å². The summed E-state index contributed by atoms with van der Waals surface area (Å²) in [5.41, 5.74) is 2.03. The summed E-state index contributed by atoms with van der Waals surface area (Å²) in [6, 6.07) is 5.74. The van der Waals surface area contributed by atoms with Crippen molar-refractivity contribution in [3.8, 4) is 0 Å². The molecule has 0 N–H and O–H groups in total. The molecule has 12 heavy (non-hydrogen) atoms. The van der Waals surface area contributed by atoms with Crippen LogP contribution in [0.3, 0.4) is 0 Å². The van der Waals surface area contributed by atoms with Crippen molar-refractivity contribution in [1.82, 2.24) is 0 Å². The Bertz CT molecular complexity index is 305. The van der Waals surface area contributed by atoms with Crippen LogP contribution in [0, 0.1) is 6.92 Å². The fraction of sp³-hybridized carbons (Fsp3) is 0.300. The third-order valence-electron chi connectivity index (χ3n) is 1.65. The molecule has 0 unspecified atom stereocenters. The lowest BCUT2D eigenvalue weighted by Crippen LogP contribution is -1.96. The van der Waals surface area contributed by atoms with Gasteiger partial charge >= 0.3 is 0 Å². The van der Waals surface area contributed by atoms with Gasteiger partial charge in [-0.05, 0) is 31.0 Å². The Morgan fingerprint density at radius 2 is 2.17 bits per heavy atom. The molecule has 0 fully saturated rings. The molecule has 0 aromatic heterocycles. The Kier molecular flexibility index (Phi) is 2.88. The molecule has 1 aromatic carbocycles. The van der Waals surface area contributed by atoms with E-state index in [9.17, 15) is 4.79 Å². The van der Waals surface area contributed by atoms with Crippen molar-refractivity contribution in [1.29, 1.82) is 0 Å². The summed E-state index contributed by atoms with van der Waals surface area (Å²) < 4.78 is 0. The molecule has 64 valence electrons. The molecule has 0 atom stereocenters. The molecule has 0 heterocycles. The van der Waals surface area contributed by atoms with Gasteiger partial charge in [0, 0.05) is 11.4 Å². The normalized spacial score (nSPS) is 9.92. The summed E-state index contributed by atoms with van der Waals surface area (Å²) in [7, 11) is 0. The van der Waals surface area contributed by atoms with Crippen LogP contribution in [0.25, 0.3) is 0 Å². The van der Waals surface area contributed by atoms with E-state index in [1.807, 2.05) is 25.1 Å². The molecule has 0 saturated carbocycles. The second-order valence-corrected chi connectivity index (χ2v) is 3.38. The SMILES string of the molecule is CC(=O)Cc1ccc(C)cc1Cl. The maximum atomic E-state index is 10.8. The summed E-state index contributed by atoms with van der Waals surface area (Å²) in [6.07, 6.45) is 0.430. The Hall–Kier alpha value is -0.820. The first kappa shape index (κ1) is 9.27. The van der Waals surface area contributed by atoms with E-state index in [1.165, 1.54) is 0 Å². The molecule has 0 aliphatic rings. The van der Waals surface area contributed by atoms with Crippen molar-refractivity contribution < 1.29 is 4.79 Å². The molecular formula is C10H11ClO. The van der Waals surface area contributed by atoms with E-state index < -0.39 is 0 Å². The van der Waals surface area contributed by atoms with E-state index >= 15 is 0 Å². The Labute approximate surface area is 77.4 Å². The van der Waals surface area contributed by atoms with Crippen LogP contribution < -0.4 is 0 Å². The number of carbonyl (C=O) groups excluding carboxylic acids is 1. The maximum Gasteiger partial charge on any atom is 0.134 e. The summed E-state index contributed by atoms with van der Waals surface area (Å²) >= 11 is 5.92. The minimum absolute atomic E-state index is 0.140. The molecule has 0 amide bonds. The van der Waals surface area contributed by atoms with E-state index in [4.69, 9.17) is 11.6 Å². The van der Waals surface area contributed by atoms with Crippen LogP contribution in [0.5, 0.6) is 0 Å². The molecule has 1 rings (SSSR count). The lowest BCUT2D eigenvalue weighted by molar-refractivity contribution is -0.116. The molecule has 0 spiro atoms. The van der Waals surface area contributed by atoms with Crippen LogP contribution in [0.2, 0.25) is 5.02 Å². The zero-order valence-electron chi connectivity index (χ0n) is 7.23. The van der Waals surface area contributed by atoms with Crippen molar-refractivity contribution in [2.24, 2.45) is 0 Å². The average Bonchev–Trinajstić information content (AvgIpc) is 1.94. The smallest absolute Gasteiger partial charge is 0.134 e. The number of hydrogen-bond acceptors (Lipinski definition) is 1. The van der Waals surface area contributed by atoms with Crippen molar-refractivity contribution in [2.45, 2.75) is 20.3 Å². The summed E-state index contributed by atoms with van der Waals surface area (Å²) in [5, 5.41) is 0.685. The first-order valence-corrected chi connectivity index (χ1v) is 4.22. The van der Waals surface area contributed by atoms with Gasteiger partial charge in [0.25, 0.3) is 0 Å². The second-order valence-electron chi connectivity index (χ2n) is 2.97. The van der Waals surface area contributed by atoms with E-state index in [0.717, 1.165) is 11.1 Å². The van der Waals surface area contributed by atoms with Gasteiger partial charge in [0.2, 0.25) is 0 Å². The highest BCUT2D eigenvalue weighted by atomic mass is 35.5. The van der Waals surface area contributed by atoms with Crippen LogP contribution in [-0.2, 0) is 11.2 Å². The van der Waals surface area contributed by atoms with E-state index in [1.54, 1.807) is 6.92 Å². The number of hydrogen-bond donors (Lipinski definition) is 0. The zero-order valence-corrected chi connectivity index (χ0v) is 7.98. The van der Waals surface area contributed by atoms with Gasteiger partial charge in [0.15, 0.2) is 0 Å². The second kappa shape index (κ2) is 3.72. The maximum absolute atomic E-state index is 10.8. The number of Topliss-reactive ketones (excluding diaryl/α,β-unsaturated/α-hetero) is 1. The minimum atomic E-state index is 0.140. The standard InChI is InChI=1S/C10H11ClO/c1-7-3-4-9(6-8(2)12)10(11)5-7/h3-5H,6H2,1-2H3. The van der Waals surface area contributed by atoms with Gasteiger partial charge in [0.05, 0.1) is 0 Å². The van der Waals surface area contributed by atoms with Gasteiger partial charge in [-0.25, -0.2) is 0 Å². The molecule has 1 aromatic rings. The summed E-state index contributed by atoms with van der Waals surface area (Å²) in [5.74, 6) is 0.140. The number of carbonyl (C=O) groups is 1. The highest BCUT2D eigenvalue weighted by Gasteiger charge is 2.02. The number of rotatable bonds is 2. The van der Waals surface area contributed by atoms with Crippen LogP contribution >= 0.6 is 11.6 Å². The number of aryl methyl sites for hydroxylation is 1. The van der Waals surface area contributed by atoms with Crippen LogP contribution in [0.15, 0.2) is 18.2 Å². The predicted octanol–water partition coefficient (Wildman–Crippen LogP) is 2.78. The molecule has 0 bridgehead atoms. The van der Waals surface area contributed by atoms with E-state index in [0.29, 0.717) is 11.4 Å². The number of benzene rings is 1. The third kappa shape index (κ3) is 2.35. The van der Waals surface area contributed by atoms with Gasteiger partial charge in [-0.3, -0.25) is 4.79 Å². The van der Waals surface area contributed by atoms with Gasteiger partial charge < -0.3 is 0 Å². The Morgan fingerprint density at radius 3 is 2.67 bits per heavy atom. The Balaban J connectivity index is 2.93. The lowest BCUT2D eigenvalue weighted by atomic mass is 10.1. The molecule has 1 nitrogen and oxygen atoms in total. The summed E-state index contributed by atoms with van der Waals surface area (Å²) in [6.45, 7) is 3.54. The largest absolute Gasteiger partial charge is 0.300 e. The minimum Gasteiger partial charge on any atom is -0.300 e. The highest BCUT2D eigenvalue weighted by Crippen LogP contribution is 2.17. The fourth-order valence-electron chi connectivity index (χ4n) is 1.06. The zero-order chi connectivity index (χ0) is 9.14. The van der Waals surface area contributed by atoms with Crippen molar-refractivity contribution in [2.75, 3.05) is 0 Å². The van der Waals surface area contributed by atoms with Crippen molar-refractivity contribution >= 4 is 17.4 Å². The van der Waals surface area contributed by atoms with Crippen LogP contribution in [0.1, 0.15) is 18.1 Å². The molecule has 0 radical (unpaired) electrons. The molecule has 2 heteroatoms. The van der Waals surface area contributed by atoms with Gasteiger partial charge in [0.1, 0.15) is 5.78 Å². The van der Waals surface area contributed by atoms with E-state index in [2.05, 4.69) is 0 Å². The molecule has 0 aliphatic heterocycles. The van der Waals surface area contributed by atoms with Crippen LogP contribution in [-0.4, -0.2) is 5.78 Å². The predicted molar refractivity (Wildman–Crippen MR) is 50.6 cm³/mol. The number of ketones is 1. The number of halogens is 1. The van der Waals surface area contributed by atoms with E-state index in [-0.39, 0.29) is 5.78 Å². The lowest BCUT2D eigenvalue weighted by Gasteiger charge is -2.01. The van der Waals surface area contributed by atoms with Crippen molar-refractivity contribution in [3.63, 3.8) is 0 Å². The topological polar surface area (TPSA) is 17.1 Å². The van der Waals surface area contributed by atoms with Crippen molar-refractivity contribution in [3.05, 3.63) is 34.3 Å². The van der Waals surface area contributed by atoms with Gasteiger partial charge in [-0.1, -0.05) is 23.7 Å². The first-order chi connectivity index (χ1) is 5.59. The summed E-state index contributed by atoms with van der Waals surface area (Å²) in [4.78, 5) is 10.8. The molecule has 0 saturated heterocycles. The molecule has 0 aliphatic carbocycles. The first-order valence-electron chi connectivity index (χ1n) is 3.84. The average molecular weight is 183 g/mol. The van der Waals surface area contributed by atoms with Gasteiger partial charge in [-0.2, -0.15) is 0 Å². The Morgan fingerprint density at radius 1 is 1.50 bits per heavy atom. The van der Waals surface area contributed by atoms with Gasteiger partial charge in [-0.15, -0.1) is 0 Å². The molecular weight excluding hydrogens is 172 g/mol. The monoisotopic (exact) mass is 182 g/mol. The highest BCUT2D eigenvalue weighted by molar-refractivity contribution is 6.31. The quantitative estimate of drug-likeness (QED) is 0.688. The third-order valence-corrected chi connectivity index (χ3v) is 2.00. The fourth-order valence-corrected chi connectivity index (χ4v) is 1.37.